The third-order valence-corrected chi connectivity index (χ3v) is 11.5. The number of nitrogens with zero attached hydrogens (tertiary/aromatic N) is 1. The average molecular weight is 640 g/mol. The van der Waals surface area contributed by atoms with Gasteiger partial charge in [0, 0.05) is 17.8 Å². The lowest BCUT2D eigenvalue weighted by Gasteiger charge is -2.32. The molecule has 0 aliphatic heterocycles. The number of hydrogen-bond donors (Lipinski definition) is 3. The Labute approximate surface area is 275 Å². The van der Waals surface area contributed by atoms with Gasteiger partial charge in [-0.05, 0) is 98.4 Å². The van der Waals surface area contributed by atoms with E-state index in [0.29, 0.717) is 16.4 Å². The fraction of sp³-hybridized carbons (Fsp3) is 0.368. The highest BCUT2D eigenvalue weighted by atomic mass is 32.1. The first-order valence-electron chi connectivity index (χ1n) is 16.3. The predicted octanol–water partition coefficient (Wildman–Crippen LogP) is 7.67. The molecule has 0 heterocycles. The Kier molecular flexibility index (Phi) is 11.8. The molecule has 3 aromatic rings. The van der Waals surface area contributed by atoms with E-state index in [1.807, 2.05) is 18.3 Å². The summed E-state index contributed by atoms with van der Waals surface area (Å²) >= 11 is 5.91. The number of aliphatic imine (C=N–C) groups is 1. The van der Waals surface area contributed by atoms with Crippen LogP contribution in [0, 0.1) is 0 Å². The van der Waals surface area contributed by atoms with E-state index >= 15 is 0 Å². The van der Waals surface area contributed by atoms with Gasteiger partial charge in [-0.15, -0.1) is 0 Å². The van der Waals surface area contributed by atoms with E-state index < -0.39 is 7.92 Å². The molecular formula is C38H46N3O2PS. The van der Waals surface area contributed by atoms with Crippen LogP contribution in [0.3, 0.4) is 0 Å². The van der Waals surface area contributed by atoms with Gasteiger partial charge in [0.15, 0.2) is 5.11 Å². The standard InChI is InChI=1S/C38H46N3O2PS/c1-4-5-15-28-24-30(43-3)25-29(37(28)42)26-39-34-21-12-13-22-35(34)41-38(45)40-27(2)33-20-14-23-36(33)44(31-16-8-6-9-17-31)32-18-10-7-11-19-32/h6-11,14,16-19,23-27,34-35,42H,4-5,12-13,15,20-22H2,1-3H3,(H2,40,41,45)/b39-26+/t27-,34+,35+/m1/s1. The van der Waals surface area contributed by atoms with Crippen molar-refractivity contribution in [2.45, 2.75) is 83.3 Å². The van der Waals surface area contributed by atoms with E-state index in [1.54, 1.807) is 7.11 Å². The van der Waals surface area contributed by atoms with Gasteiger partial charge in [0.2, 0.25) is 0 Å². The molecule has 2 aliphatic rings. The van der Waals surface area contributed by atoms with Crippen LogP contribution < -0.4 is 26.0 Å². The molecule has 0 bridgehead atoms. The normalized spacial score (nSPS) is 18.8. The van der Waals surface area contributed by atoms with E-state index in [2.05, 4.69) is 97.3 Å². The Morgan fingerprint density at radius 2 is 1.76 bits per heavy atom. The second kappa shape index (κ2) is 16.2. The minimum Gasteiger partial charge on any atom is -0.507 e. The van der Waals surface area contributed by atoms with Gasteiger partial charge in [-0.25, -0.2) is 0 Å². The monoisotopic (exact) mass is 639 g/mol. The minimum atomic E-state index is -0.672. The molecule has 7 heteroatoms. The van der Waals surface area contributed by atoms with Crippen molar-refractivity contribution in [2.24, 2.45) is 4.99 Å². The average Bonchev–Trinajstić information content (AvgIpc) is 3.55. The Balaban J connectivity index is 1.30. The lowest BCUT2D eigenvalue weighted by atomic mass is 9.90. The molecule has 1 fully saturated rings. The van der Waals surface area contributed by atoms with Crippen LogP contribution in [0.2, 0.25) is 0 Å². The van der Waals surface area contributed by atoms with Crippen LogP contribution in [-0.4, -0.2) is 41.7 Å². The molecule has 0 saturated heterocycles. The molecule has 45 heavy (non-hydrogen) atoms. The number of ether oxygens (including phenoxy) is 1. The van der Waals surface area contributed by atoms with Crippen molar-refractivity contribution in [3.8, 4) is 11.5 Å². The third kappa shape index (κ3) is 8.42. The second-order valence-electron chi connectivity index (χ2n) is 11.9. The summed E-state index contributed by atoms with van der Waals surface area (Å²) in [6, 6.07) is 25.8. The summed E-state index contributed by atoms with van der Waals surface area (Å²) in [6.07, 6.45) is 14.5. The van der Waals surface area contributed by atoms with Crippen LogP contribution in [-0.2, 0) is 6.42 Å². The molecule has 1 saturated carbocycles. The summed E-state index contributed by atoms with van der Waals surface area (Å²) < 4.78 is 5.53. The van der Waals surface area contributed by atoms with Crippen LogP contribution in [0.25, 0.3) is 0 Å². The van der Waals surface area contributed by atoms with E-state index in [1.165, 1.54) is 21.5 Å². The highest BCUT2D eigenvalue weighted by molar-refractivity contribution is 7.80. The maximum Gasteiger partial charge on any atom is 0.167 e. The van der Waals surface area contributed by atoms with Crippen molar-refractivity contribution in [2.75, 3.05) is 7.11 Å². The number of allylic oxidation sites excluding steroid dienone is 3. The summed E-state index contributed by atoms with van der Waals surface area (Å²) in [5.41, 5.74) is 3.01. The second-order valence-corrected chi connectivity index (χ2v) is 14.5. The van der Waals surface area contributed by atoms with Crippen LogP contribution in [0.4, 0.5) is 0 Å². The highest BCUT2D eigenvalue weighted by Gasteiger charge is 2.28. The van der Waals surface area contributed by atoms with Crippen molar-refractivity contribution in [1.82, 2.24) is 10.6 Å². The van der Waals surface area contributed by atoms with Crippen molar-refractivity contribution >= 4 is 42.1 Å². The van der Waals surface area contributed by atoms with Crippen LogP contribution >= 0.6 is 20.1 Å². The zero-order valence-electron chi connectivity index (χ0n) is 26.7. The van der Waals surface area contributed by atoms with Crippen LogP contribution in [0.5, 0.6) is 11.5 Å². The molecular weight excluding hydrogens is 593 g/mol. The number of benzene rings is 3. The van der Waals surface area contributed by atoms with E-state index in [4.69, 9.17) is 21.9 Å². The molecule has 5 nitrogen and oxygen atoms in total. The number of unbranched alkanes of at least 4 members (excludes halogenated alkanes) is 1. The largest absolute Gasteiger partial charge is 0.507 e. The van der Waals surface area contributed by atoms with Gasteiger partial charge in [0.05, 0.1) is 19.2 Å². The Morgan fingerprint density at radius 3 is 2.42 bits per heavy atom. The smallest absolute Gasteiger partial charge is 0.167 e. The molecule has 5 rings (SSSR count). The summed E-state index contributed by atoms with van der Waals surface area (Å²) in [5.74, 6) is 1.05. The zero-order valence-corrected chi connectivity index (χ0v) is 28.4. The lowest BCUT2D eigenvalue weighted by molar-refractivity contribution is 0.361. The molecule has 0 spiro atoms. The summed E-state index contributed by atoms with van der Waals surface area (Å²) in [4.78, 5) is 5.00. The molecule has 3 aromatic carbocycles. The molecule has 3 N–H and O–H groups in total. The van der Waals surface area contributed by atoms with Crippen LogP contribution in [0.1, 0.15) is 69.9 Å². The van der Waals surface area contributed by atoms with Gasteiger partial charge >= 0.3 is 0 Å². The SMILES string of the molecule is CCCCc1cc(OC)cc(/C=N/[C@H]2CCCC[C@@H]2NC(=S)N[C@H](C)C2=C(P(c3ccccc3)c3ccccc3)C=CC2)c1O. The number of rotatable bonds is 12. The summed E-state index contributed by atoms with van der Waals surface area (Å²) in [7, 11) is 0.993. The van der Waals surface area contributed by atoms with Gasteiger partial charge in [-0.3, -0.25) is 4.99 Å². The van der Waals surface area contributed by atoms with Crippen molar-refractivity contribution in [1.29, 1.82) is 0 Å². The summed E-state index contributed by atoms with van der Waals surface area (Å²) in [5, 5.41) is 23.0. The first kappa shape index (κ1) is 32.9. The number of phenols is 1. The van der Waals surface area contributed by atoms with Crippen molar-refractivity contribution in [3.05, 3.63) is 107 Å². The molecule has 0 unspecified atom stereocenters. The third-order valence-electron chi connectivity index (χ3n) is 8.76. The van der Waals surface area contributed by atoms with Crippen molar-refractivity contribution in [3.63, 3.8) is 0 Å². The minimum absolute atomic E-state index is 0.0745. The van der Waals surface area contributed by atoms with Gasteiger partial charge in [-0.2, -0.15) is 0 Å². The summed E-state index contributed by atoms with van der Waals surface area (Å²) in [6.45, 7) is 4.38. The van der Waals surface area contributed by atoms with Gasteiger partial charge < -0.3 is 20.5 Å². The lowest BCUT2D eigenvalue weighted by Crippen LogP contribution is -2.50. The maximum absolute atomic E-state index is 11.0. The number of methoxy groups -OCH3 is 1. The number of aromatic hydroxyl groups is 1. The van der Waals surface area contributed by atoms with E-state index in [-0.39, 0.29) is 18.1 Å². The number of nitrogens with one attached hydrogen (secondary N) is 2. The first-order valence-corrected chi connectivity index (χ1v) is 18.0. The number of aryl methyl sites for hydroxylation is 1. The molecule has 0 radical (unpaired) electrons. The topological polar surface area (TPSA) is 65.9 Å². The number of phenolic OH excluding ortho intramolecular Hbond substituents is 1. The van der Waals surface area contributed by atoms with E-state index in [9.17, 15) is 5.11 Å². The van der Waals surface area contributed by atoms with Crippen molar-refractivity contribution < 1.29 is 9.84 Å². The maximum atomic E-state index is 11.0. The Morgan fingerprint density at radius 1 is 1.07 bits per heavy atom. The Hall–Kier alpha value is -3.47. The number of thiocarbonyl (C=S) groups is 1. The first-order chi connectivity index (χ1) is 22.0. The molecule has 0 aromatic heterocycles. The highest BCUT2D eigenvalue weighted by Crippen LogP contribution is 2.48. The number of hydrogen-bond acceptors (Lipinski definition) is 4. The fourth-order valence-corrected chi connectivity index (χ4v) is 9.25. The quantitative estimate of drug-likeness (QED) is 0.108. The predicted molar refractivity (Wildman–Crippen MR) is 195 cm³/mol. The van der Waals surface area contributed by atoms with Gasteiger partial charge in [0.25, 0.3) is 0 Å². The van der Waals surface area contributed by atoms with Gasteiger partial charge in [0.1, 0.15) is 11.5 Å². The van der Waals surface area contributed by atoms with Crippen LogP contribution in [0.15, 0.2) is 101 Å². The van der Waals surface area contributed by atoms with Gasteiger partial charge in [-0.1, -0.05) is 99.0 Å². The van der Waals surface area contributed by atoms with E-state index in [0.717, 1.165) is 62.7 Å². The molecule has 3 atom stereocenters. The molecule has 2 aliphatic carbocycles. The zero-order chi connectivity index (χ0) is 31.6. The molecule has 0 amide bonds. The fourth-order valence-electron chi connectivity index (χ4n) is 6.30. The Bertz CT molecular complexity index is 1480. The molecule has 236 valence electrons.